The minimum Gasteiger partial charge on any atom is -0.495 e. The first-order valence-electron chi connectivity index (χ1n) is 7.74. The van der Waals surface area contributed by atoms with Crippen LogP contribution in [0.15, 0.2) is 6.07 Å². The zero-order valence-corrected chi connectivity index (χ0v) is 13.9. The number of hydrogen-bond acceptors (Lipinski definition) is 4. The Morgan fingerprint density at radius 2 is 2.19 bits per heavy atom. The maximum absolute atomic E-state index is 12.8. The smallest absolute Gasteiger partial charge is 0.267 e. The van der Waals surface area contributed by atoms with Crippen LogP contribution in [0.25, 0.3) is 0 Å². The number of thiophene rings is 1. The van der Waals surface area contributed by atoms with Gasteiger partial charge in [-0.15, -0.1) is 11.3 Å². The number of fused-ring (bicyclic) bond motifs is 1. The van der Waals surface area contributed by atoms with E-state index in [4.69, 9.17) is 4.74 Å². The molecule has 116 valence electrons. The Hall–Kier alpha value is -1.07. The number of amides is 1. The zero-order valence-electron chi connectivity index (χ0n) is 13.1. The maximum Gasteiger partial charge on any atom is 0.267 e. The highest BCUT2D eigenvalue weighted by Gasteiger charge is 2.36. The van der Waals surface area contributed by atoms with Crippen LogP contribution in [0.5, 0.6) is 5.75 Å². The second-order valence-corrected chi connectivity index (χ2v) is 7.50. The number of likely N-dealkylation sites (tertiary alicyclic amines) is 2. The number of piperidine rings is 2. The molecule has 0 aromatic carbocycles. The number of carbonyl (C=O) groups is 1. The second kappa shape index (κ2) is 5.97. The Labute approximate surface area is 130 Å². The highest BCUT2D eigenvalue weighted by molar-refractivity contribution is 7.14. The van der Waals surface area contributed by atoms with Gasteiger partial charge >= 0.3 is 0 Å². The van der Waals surface area contributed by atoms with Crippen LogP contribution < -0.4 is 4.74 Å². The quantitative estimate of drug-likeness (QED) is 0.842. The number of ether oxygens (including phenoxy) is 1. The minimum absolute atomic E-state index is 0.150. The molecule has 2 atom stereocenters. The van der Waals surface area contributed by atoms with Crippen LogP contribution >= 0.6 is 11.3 Å². The fourth-order valence-corrected chi connectivity index (χ4v) is 4.72. The SMILES string of the molecule is COc1cc(C)sc1C(=O)N1CCC2C(CCCN2C)C1. The van der Waals surface area contributed by atoms with Gasteiger partial charge in [0, 0.05) is 24.0 Å². The van der Waals surface area contributed by atoms with Crippen molar-refractivity contribution < 1.29 is 9.53 Å². The van der Waals surface area contributed by atoms with Crippen LogP contribution in [0.3, 0.4) is 0 Å². The predicted octanol–water partition coefficient (Wildman–Crippen LogP) is 2.62. The van der Waals surface area contributed by atoms with Crippen LogP contribution in [0.4, 0.5) is 0 Å². The first-order valence-corrected chi connectivity index (χ1v) is 8.55. The number of methoxy groups -OCH3 is 1. The molecule has 3 heterocycles. The summed E-state index contributed by atoms with van der Waals surface area (Å²) in [5.74, 6) is 1.51. The molecule has 1 aromatic rings. The number of carbonyl (C=O) groups excluding carboxylic acids is 1. The normalized spacial score (nSPS) is 26.5. The summed E-state index contributed by atoms with van der Waals surface area (Å²) < 4.78 is 5.36. The van der Waals surface area contributed by atoms with E-state index in [1.54, 1.807) is 18.4 Å². The van der Waals surface area contributed by atoms with Crippen molar-refractivity contribution in [2.75, 3.05) is 33.8 Å². The van der Waals surface area contributed by atoms with Gasteiger partial charge in [0.25, 0.3) is 5.91 Å². The molecule has 2 unspecified atom stereocenters. The Morgan fingerprint density at radius 3 is 2.95 bits per heavy atom. The lowest BCUT2D eigenvalue weighted by Gasteiger charge is -2.45. The summed E-state index contributed by atoms with van der Waals surface area (Å²) in [5.41, 5.74) is 0. The summed E-state index contributed by atoms with van der Waals surface area (Å²) in [6.07, 6.45) is 3.60. The van der Waals surface area contributed by atoms with Gasteiger partial charge in [0.2, 0.25) is 0 Å². The Morgan fingerprint density at radius 1 is 1.38 bits per heavy atom. The molecule has 0 saturated carbocycles. The van der Waals surface area contributed by atoms with Crippen LogP contribution in [-0.2, 0) is 0 Å². The first-order chi connectivity index (χ1) is 10.1. The lowest BCUT2D eigenvalue weighted by molar-refractivity contribution is 0.0318. The molecule has 0 N–H and O–H groups in total. The third kappa shape index (κ3) is 2.81. The molecule has 0 radical (unpaired) electrons. The maximum atomic E-state index is 12.8. The van der Waals surface area contributed by atoms with Crippen molar-refractivity contribution in [2.24, 2.45) is 5.92 Å². The molecular formula is C16H24N2O2S. The van der Waals surface area contributed by atoms with Gasteiger partial charge < -0.3 is 14.5 Å². The van der Waals surface area contributed by atoms with Gasteiger partial charge in [0.05, 0.1) is 7.11 Å². The van der Waals surface area contributed by atoms with Gasteiger partial charge in [-0.25, -0.2) is 0 Å². The van der Waals surface area contributed by atoms with Gasteiger partial charge in [0.15, 0.2) is 0 Å². The lowest BCUT2D eigenvalue weighted by atomic mass is 9.84. The molecule has 5 heteroatoms. The van der Waals surface area contributed by atoms with E-state index < -0.39 is 0 Å². The molecule has 1 amide bonds. The van der Waals surface area contributed by atoms with E-state index in [9.17, 15) is 4.79 Å². The largest absolute Gasteiger partial charge is 0.495 e. The number of rotatable bonds is 2. The number of hydrogen-bond donors (Lipinski definition) is 0. The molecule has 0 aliphatic carbocycles. The van der Waals surface area contributed by atoms with E-state index in [2.05, 4.69) is 11.9 Å². The molecule has 2 saturated heterocycles. The Balaban J connectivity index is 1.74. The van der Waals surface area contributed by atoms with Gasteiger partial charge in [-0.3, -0.25) is 4.79 Å². The summed E-state index contributed by atoms with van der Waals surface area (Å²) in [4.78, 5) is 19.2. The van der Waals surface area contributed by atoms with Gasteiger partial charge in [-0.05, 0) is 51.8 Å². The van der Waals surface area contributed by atoms with Crippen molar-refractivity contribution in [3.05, 3.63) is 15.8 Å². The second-order valence-electron chi connectivity index (χ2n) is 6.24. The van der Waals surface area contributed by atoms with Gasteiger partial charge in [-0.2, -0.15) is 0 Å². The molecule has 4 nitrogen and oxygen atoms in total. The molecule has 0 spiro atoms. The summed E-state index contributed by atoms with van der Waals surface area (Å²) >= 11 is 1.54. The number of aryl methyl sites for hydroxylation is 1. The van der Waals surface area contributed by atoms with E-state index in [0.29, 0.717) is 12.0 Å². The van der Waals surface area contributed by atoms with E-state index >= 15 is 0 Å². The number of nitrogens with zero attached hydrogens (tertiary/aromatic N) is 2. The predicted molar refractivity (Wildman–Crippen MR) is 85.3 cm³/mol. The van der Waals surface area contributed by atoms with E-state index in [1.807, 2.05) is 17.9 Å². The highest BCUT2D eigenvalue weighted by atomic mass is 32.1. The summed E-state index contributed by atoms with van der Waals surface area (Å²) in [5, 5.41) is 0. The third-order valence-electron chi connectivity index (χ3n) is 4.87. The van der Waals surface area contributed by atoms with Crippen molar-refractivity contribution in [2.45, 2.75) is 32.2 Å². The van der Waals surface area contributed by atoms with Crippen molar-refractivity contribution in [1.29, 1.82) is 0 Å². The lowest BCUT2D eigenvalue weighted by Crippen LogP contribution is -2.53. The van der Waals surface area contributed by atoms with Crippen LogP contribution in [0.2, 0.25) is 0 Å². The van der Waals surface area contributed by atoms with Crippen molar-refractivity contribution in [1.82, 2.24) is 9.80 Å². The molecule has 21 heavy (non-hydrogen) atoms. The highest BCUT2D eigenvalue weighted by Crippen LogP contribution is 2.34. The molecule has 2 aliphatic heterocycles. The zero-order chi connectivity index (χ0) is 15.0. The molecule has 2 fully saturated rings. The van der Waals surface area contributed by atoms with Crippen molar-refractivity contribution >= 4 is 17.2 Å². The Bertz CT molecular complexity index is 528. The minimum atomic E-state index is 0.150. The Kier molecular flexibility index (Phi) is 4.22. The fraction of sp³-hybridized carbons (Fsp3) is 0.688. The summed E-state index contributed by atoms with van der Waals surface area (Å²) in [6.45, 7) is 4.98. The van der Waals surface area contributed by atoms with Crippen molar-refractivity contribution in [3.63, 3.8) is 0 Å². The summed E-state index contributed by atoms with van der Waals surface area (Å²) in [7, 11) is 3.86. The standard InChI is InChI=1S/C16H24N2O2S/c1-11-9-14(20-3)15(21-11)16(19)18-8-6-13-12(10-18)5-4-7-17(13)2/h9,12-13H,4-8,10H2,1-3H3. The molecule has 0 bridgehead atoms. The first kappa shape index (κ1) is 14.9. The average Bonchev–Trinajstić information content (AvgIpc) is 2.87. The van der Waals surface area contributed by atoms with E-state index in [1.165, 1.54) is 19.4 Å². The van der Waals surface area contributed by atoms with Crippen LogP contribution in [0.1, 0.15) is 33.8 Å². The molecular weight excluding hydrogens is 284 g/mol. The third-order valence-corrected chi connectivity index (χ3v) is 5.89. The molecule has 3 rings (SSSR count). The molecule has 1 aromatic heterocycles. The van der Waals surface area contributed by atoms with Gasteiger partial charge in [-0.1, -0.05) is 0 Å². The van der Waals surface area contributed by atoms with Gasteiger partial charge in [0.1, 0.15) is 10.6 Å². The topological polar surface area (TPSA) is 32.8 Å². The summed E-state index contributed by atoms with van der Waals surface area (Å²) in [6, 6.07) is 2.62. The van der Waals surface area contributed by atoms with E-state index in [-0.39, 0.29) is 5.91 Å². The average molecular weight is 308 g/mol. The van der Waals surface area contributed by atoms with Crippen molar-refractivity contribution in [3.8, 4) is 5.75 Å². The molecule has 2 aliphatic rings. The van der Waals surface area contributed by atoms with Crippen LogP contribution in [-0.4, -0.2) is 55.5 Å². The van der Waals surface area contributed by atoms with E-state index in [0.717, 1.165) is 35.0 Å². The monoisotopic (exact) mass is 308 g/mol. The van der Waals surface area contributed by atoms with Crippen LogP contribution in [0, 0.1) is 12.8 Å². The fourth-order valence-electron chi connectivity index (χ4n) is 3.77.